The molecule has 4 heteroatoms. The summed E-state index contributed by atoms with van der Waals surface area (Å²) in [5.74, 6) is 0.497. The molecule has 0 unspecified atom stereocenters. The van der Waals surface area contributed by atoms with Gasteiger partial charge in [-0.2, -0.15) is 0 Å². The van der Waals surface area contributed by atoms with Gasteiger partial charge in [-0.25, -0.2) is 4.98 Å². The third kappa shape index (κ3) is 2.17. The highest BCUT2D eigenvalue weighted by Crippen LogP contribution is 1.93. The molecule has 4 nitrogen and oxygen atoms in total. The number of aromatic nitrogens is 2. The van der Waals surface area contributed by atoms with E-state index in [0.717, 1.165) is 19.4 Å². The number of carbonyl (C=O) groups is 1. The fourth-order valence-electron chi connectivity index (χ4n) is 0.936. The van der Waals surface area contributed by atoms with Gasteiger partial charge < -0.3 is 9.47 Å². The Kier molecular flexibility index (Phi) is 2.99. The van der Waals surface area contributed by atoms with Gasteiger partial charge in [-0.15, -0.1) is 0 Å². The average molecular weight is 167 g/mol. The molecular weight excluding hydrogens is 154 g/mol. The Balaban J connectivity index is 2.56. The van der Waals surface area contributed by atoms with E-state index >= 15 is 0 Å². The minimum atomic E-state index is 0.497. The monoisotopic (exact) mass is 167 g/mol. The predicted octanol–water partition coefficient (Wildman–Crippen LogP) is 0.257. The molecule has 0 aliphatic carbocycles. The van der Waals surface area contributed by atoms with Crippen LogP contribution in [0.1, 0.15) is 10.6 Å². The third-order valence-corrected chi connectivity index (χ3v) is 1.64. The molecule has 0 saturated heterocycles. The lowest BCUT2D eigenvalue weighted by Gasteiger charge is -2.10. The van der Waals surface area contributed by atoms with Crippen LogP contribution in [-0.2, 0) is 6.54 Å². The van der Waals surface area contributed by atoms with Crippen LogP contribution in [0.4, 0.5) is 0 Å². The van der Waals surface area contributed by atoms with Crippen molar-refractivity contribution >= 4 is 6.29 Å². The summed E-state index contributed by atoms with van der Waals surface area (Å²) in [4.78, 5) is 16.4. The Morgan fingerprint density at radius 1 is 1.67 bits per heavy atom. The van der Waals surface area contributed by atoms with Gasteiger partial charge in [-0.05, 0) is 14.1 Å². The molecule has 0 amide bonds. The topological polar surface area (TPSA) is 38.1 Å². The number of rotatable bonds is 4. The molecule has 66 valence electrons. The van der Waals surface area contributed by atoms with Gasteiger partial charge in [0.1, 0.15) is 0 Å². The van der Waals surface area contributed by atoms with Gasteiger partial charge in [0.15, 0.2) is 12.1 Å². The van der Waals surface area contributed by atoms with Crippen LogP contribution in [0.25, 0.3) is 0 Å². The average Bonchev–Trinajstić information content (AvgIpc) is 2.47. The second-order valence-corrected chi connectivity index (χ2v) is 2.90. The Labute approximate surface area is 71.8 Å². The first-order chi connectivity index (χ1) is 5.74. The maximum Gasteiger partial charge on any atom is 0.185 e. The standard InChI is InChI=1S/C8H13N3O/c1-10(2)5-6-11-4-3-9-8(11)7-12/h3-4,7H,5-6H2,1-2H3. The van der Waals surface area contributed by atoms with E-state index < -0.39 is 0 Å². The van der Waals surface area contributed by atoms with Gasteiger partial charge in [0.25, 0.3) is 0 Å². The van der Waals surface area contributed by atoms with E-state index in [1.54, 1.807) is 6.20 Å². The van der Waals surface area contributed by atoms with Gasteiger partial charge >= 0.3 is 0 Å². The molecule has 0 fully saturated rings. The molecule has 1 aromatic heterocycles. The highest BCUT2D eigenvalue weighted by molar-refractivity contribution is 5.69. The highest BCUT2D eigenvalue weighted by Gasteiger charge is 1.99. The first kappa shape index (κ1) is 8.93. The number of hydrogen-bond acceptors (Lipinski definition) is 3. The molecule has 1 rings (SSSR count). The Morgan fingerprint density at radius 2 is 2.42 bits per heavy atom. The Hall–Kier alpha value is -1.16. The van der Waals surface area contributed by atoms with Crippen molar-refractivity contribution in [1.82, 2.24) is 14.5 Å². The molecule has 1 aromatic rings. The summed E-state index contributed by atoms with van der Waals surface area (Å²) >= 11 is 0. The Bertz CT molecular complexity index is 255. The zero-order valence-corrected chi connectivity index (χ0v) is 7.40. The van der Waals surface area contributed by atoms with E-state index in [1.165, 1.54) is 0 Å². The quantitative estimate of drug-likeness (QED) is 0.604. The van der Waals surface area contributed by atoms with Gasteiger partial charge in [-0.3, -0.25) is 4.79 Å². The van der Waals surface area contributed by atoms with E-state index in [2.05, 4.69) is 9.88 Å². The fourth-order valence-corrected chi connectivity index (χ4v) is 0.936. The van der Waals surface area contributed by atoms with Crippen molar-refractivity contribution in [3.05, 3.63) is 18.2 Å². The van der Waals surface area contributed by atoms with E-state index in [1.807, 2.05) is 24.9 Å². The fraction of sp³-hybridized carbons (Fsp3) is 0.500. The van der Waals surface area contributed by atoms with Crippen LogP contribution in [0.15, 0.2) is 12.4 Å². The van der Waals surface area contributed by atoms with E-state index in [-0.39, 0.29) is 0 Å². The highest BCUT2D eigenvalue weighted by atomic mass is 16.1. The van der Waals surface area contributed by atoms with E-state index in [4.69, 9.17) is 0 Å². The van der Waals surface area contributed by atoms with Gasteiger partial charge in [0.05, 0.1) is 0 Å². The molecule has 0 spiro atoms. The maximum atomic E-state index is 10.4. The van der Waals surface area contributed by atoms with Crippen molar-refractivity contribution in [3.8, 4) is 0 Å². The summed E-state index contributed by atoms with van der Waals surface area (Å²) in [6.07, 6.45) is 4.22. The van der Waals surface area contributed by atoms with Crippen molar-refractivity contribution in [1.29, 1.82) is 0 Å². The third-order valence-electron chi connectivity index (χ3n) is 1.64. The molecule has 12 heavy (non-hydrogen) atoms. The molecule has 0 aromatic carbocycles. The Morgan fingerprint density at radius 3 is 3.00 bits per heavy atom. The lowest BCUT2D eigenvalue weighted by Crippen LogP contribution is -2.19. The zero-order valence-electron chi connectivity index (χ0n) is 7.40. The minimum Gasteiger partial charge on any atom is -0.327 e. The summed E-state index contributed by atoms with van der Waals surface area (Å²) in [6.45, 7) is 1.72. The number of hydrogen-bond donors (Lipinski definition) is 0. The largest absolute Gasteiger partial charge is 0.327 e. The molecule has 1 heterocycles. The van der Waals surface area contributed by atoms with Crippen LogP contribution in [-0.4, -0.2) is 41.4 Å². The van der Waals surface area contributed by atoms with Crippen molar-refractivity contribution in [3.63, 3.8) is 0 Å². The molecule has 0 saturated carbocycles. The lowest BCUT2D eigenvalue weighted by atomic mass is 10.5. The SMILES string of the molecule is CN(C)CCn1ccnc1C=O. The number of aldehydes is 1. The molecule has 0 radical (unpaired) electrons. The molecule has 0 N–H and O–H groups in total. The number of imidazole rings is 1. The van der Waals surface area contributed by atoms with Crippen molar-refractivity contribution < 1.29 is 4.79 Å². The lowest BCUT2D eigenvalue weighted by molar-refractivity contribution is 0.111. The summed E-state index contributed by atoms with van der Waals surface area (Å²) < 4.78 is 1.84. The van der Waals surface area contributed by atoms with Gasteiger partial charge in [-0.1, -0.05) is 0 Å². The first-order valence-electron chi connectivity index (χ1n) is 3.85. The van der Waals surface area contributed by atoms with Crippen molar-refractivity contribution in [2.24, 2.45) is 0 Å². The summed E-state index contributed by atoms with van der Waals surface area (Å²) in [5, 5.41) is 0. The molecule has 0 atom stereocenters. The zero-order chi connectivity index (χ0) is 8.97. The number of nitrogens with zero attached hydrogens (tertiary/aromatic N) is 3. The van der Waals surface area contributed by atoms with Crippen LogP contribution < -0.4 is 0 Å². The molecule has 0 aliphatic rings. The van der Waals surface area contributed by atoms with Crippen LogP contribution in [0, 0.1) is 0 Å². The first-order valence-corrected chi connectivity index (χ1v) is 3.85. The summed E-state index contributed by atoms with van der Waals surface area (Å²) in [6, 6.07) is 0. The van der Waals surface area contributed by atoms with Crippen molar-refractivity contribution in [2.45, 2.75) is 6.54 Å². The number of likely N-dealkylation sites (N-methyl/N-ethyl adjacent to an activating group) is 1. The van der Waals surface area contributed by atoms with Crippen LogP contribution in [0.3, 0.4) is 0 Å². The van der Waals surface area contributed by atoms with Crippen LogP contribution in [0.2, 0.25) is 0 Å². The molecule has 0 bridgehead atoms. The number of carbonyl (C=O) groups excluding carboxylic acids is 1. The van der Waals surface area contributed by atoms with Gasteiger partial charge in [0, 0.05) is 25.5 Å². The van der Waals surface area contributed by atoms with Gasteiger partial charge in [0.2, 0.25) is 0 Å². The second-order valence-electron chi connectivity index (χ2n) is 2.90. The smallest absolute Gasteiger partial charge is 0.185 e. The van der Waals surface area contributed by atoms with E-state index in [9.17, 15) is 4.79 Å². The molecule has 0 aliphatic heterocycles. The maximum absolute atomic E-state index is 10.4. The van der Waals surface area contributed by atoms with E-state index in [0.29, 0.717) is 5.82 Å². The predicted molar refractivity (Wildman–Crippen MR) is 46.2 cm³/mol. The van der Waals surface area contributed by atoms with Crippen LogP contribution >= 0.6 is 0 Å². The minimum absolute atomic E-state index is 0.497. The second kappa shape index (κ2) is 4.01. The normalized spacial score (nSPS) is 10.6. The summed E-state index contributed by atoms with van der Waals surface area (Å²) in [5.41, 5.74) is 0. The van der Waals surface area contributed by atoms with Crippen LogP contribution in [0.5, 0.6) is 0 Å². The van der Waals surface area contributed by atoms with Crippen molar-refractivity contribution in [2.75, 3.05) is 20.6 Å². The molecular formula is C8H13N3O. The summed E-state index contributed by atoms with van der Waals surface area (Å²) in [7, 11) is 4.00.